The number of anilines is 1. The fourth-order valence-electron chi connectivity index (χ4n) is 4.66. The number of rotatable bonds is 7. The van der Waals surface area contributed by atoms with Crippen LogP contribution in [0.15, 0.2) is 18.3 Å². The smallest absolute Gasteiger partial charge is 0.267 e. The first kappa shape index (κ1) is 24.0. The third-order valence-electron chi connectivity index (χ3n) is 6.51. The van der Waals surface area contributed by atoms with Gasteiger partial charge in [-0.05, 0) is 49.8 Å². The second-order valence-corrected chi connectivity index (χ2v) is 9.47. The maximum absolute atomic E-state index is 12.8. The highest BCUT2D eigenvalue weighted by Gasteiger charge is 2.31. The first-order chi connectivity index (χ1) is 16.1. The zero-order chi connectivity index (χ0) is 23.0. The van der Waals surface area contributed by atoms with Crippen molar-refractivity contribution in [3.63, 3.8) is 0 Å². The zero-order valence-electron chi connectivity index (χ0n) is 18.9. The van der Waals surface area contributed by atoms with E-state index in [0.29, 0.717) is 35.5 Å². The van der Waals surface area contributed by atoms with Crippen molar-refractivity contribution >= 4 is 35.3 Å². The monoisotopic (exact) mass is 476 g/mol. The molecule has 2 aliphatic heterocycles. The van der Waals surface area contributed by atoms with Crippen LogP contribution in [0, 0.1) is 5.92 Å². The third-order valence-corrected chi connectivity index (χ3v) is 6.80. The van der Waals surface area contributed by atoms with E-state index in [9.17, 15) is 9.59 Å². The summed E-state index contributed by atoms with van der Waals surface area (Å²) >= 11 is 6.43. The van der Waals surface area contributed by atoms with E-state index < -0.39 is 0 Å². The molecule has 33 heavy (non-hydrogen) atoms. The van der Waals surface area contributed by atoms with Gasteiger partial charge in [-0.15, -0.1) is 0 Å². The van der Waals surface area contributed by atoms with E-state index in [1.807, 2.05) is 4.90 Å². The molecular formula is C24H33ClN4O4. The van der Waals surface area contributed by atoms with E-state index in [1.54, 1.807) is 18.3 Å². The molecule has 8 nitrogen and oxygen atoms in total. The van der Waals surface area contributed by atoms with Gasteiger partial charge in [0.2, 0.25) is 5.91 Å². The molecule has 1 unspecified atom stereocenters. The summed E-state index contributed by atoms with van der Waals surface area (Å²) in [6.45, 7) is 2.10. The summed E-state index contributed by atoms with van der Waals surface area (Å²) in [5, 5.41) is 3.85. The Morgan fingerprint density at radius 3 is 2.73 bits per heavy atom. The molecule has 9 heteroatoms. The van der Waals surface area contributed by atoms with E-state index in [1.165, 1.54) is 12.5 Å². The number of pyridine rings is 1. The number of hydrogen-bond acceptors (Lipinski definition) is 6. The van der Waals surface area contributed by atoms with Crippen LogP contribution in [0.1, 0.15) is 63.4 Å². The van der Waals surface area contributed by atoms with E-state index in [2.05, 4.69) is 15.8 Å². The van der Waals surface area contributed by atoms with Crippen LogP contribution in [-0.4, -0.2) is 53.7 Å². The topological polar surface area (TPSA) is 92.8 Å². The molecule has 4 rings (SSSR count). The molecule has 2 amide bonds. The van der Waals surface area contributed by atoms with Crippen LogP contribution < -0.4 is 10.8 Å². The first-order valence-electron chi connectivity index (χ1n) is 12.0. The SMILES string of the molecule is O=C(C=Cc1cnc(N[C@@H]2CCN(C(=O)C3CCCCC3)C2)c(Cl)c1)NOC1CCCCO1. The molecule has 3 fully saturated rings. The third kappa shape index (κ3) is 6.91. The number of carbonyl (C=O) groups is 2. The van der Waals surface area contributed by atoms with Crippen LogP contribution >= 0.6 is 11.6 Å². The molecule has 1 aromatic heterocycles. The highest BCUT2D eigenvalue weighted by atomic mass is 35.5. The number of amides is 2. The predicted octanol–water partition coefficient (Wildman–Crippen LogP) is 3.92. The van der Waals surface area contributed by atoms with Gasteiger partial charge in [-0.2, -0.15) is 0 Å². The number of hydroxylamine groups is 1. The molecule has 3 aliphatic rings. The van der Waals surface area contributed by atoms with Crippen molar-refractivity contribution in [3.8, 4) is 0 Å². The maximum atomic E-state index is 12.8. The highest BCUT2D eigenvalue weighted by molar-refractivity contribution is 6.33. The molecule has 1 aromatic rings. The molecule has 0 spiro atoms. The van der Waals surface area contributed by atoms with Crippen LogP contribution in [-0.2, 0) is 19.2 Å². The van der Waals surface area contributed by atoms with Crippen LogP contribution in [0.4, 0.5) is 5.82 Å². The van der Waals surface area contributed by atoms with Gasteiger partial charge >= 0.3 is 0 Å². The Kier molecular flexibility index (Phi) is 8.58. The number of nitrogens with zero attached hydrogens (tertiary/aromatic N) is 2. The number of likely N-dealkylation sites (tertiary alicyclic amines) is 1. The quantitative estimate of drug-likeness (QED) is 0.457. The fraction of sp³-hybridized carbons (Fsp3) is 0.625. The molecular weight excluding hydrogens is 444 g/mol. The van der Waals surface area contributed by atoms with Crippen LogP contribution in [0.2, 0.25) is 5.02 Å². The van der Waals surface area contributed by atoms with Gasteiger partial charge in [0, 0.05) is 50.3 Å². The lowest BCUT2D eigenvalue weighted by atomic mass is 9.88. The Labute approximate surface area is 200 Å². The van der Waals surface area contributed by atoms with Gasteiger partial charge in [-0.1, -0.05) is 30.9 Å². The van der Waals surface area contributed by atoms with Crippen LogP contribution in [0.3, 0.4) is 0 Å². The molecule has 1 aliphatic carbocycles. The standard InChI is InChI=1S/C24H33ClN4O4/c25-20-14-17(9-10-21(30)28-33-22-8-4-5-13-32-22)15-26-23(20)27-19-11-12-29(16-19)24(31)18-6-2-1-3-7-18/h9-10,14-15,18-19,22H,1-8,11-13,16H2,(H,26,27)(H,28,30)/t19-,22?/m1/s1. The van der Waals surface area contributed by atoms with Crippen molar-refractivity contribution < 1.29 is 19.2 Å². The van der Waals surface area contributed by atoms with Gasteiger partial charge in [-0.3, -0.25) is 9.59 Å². The molecule has 2 atom stereocenters. The number of ether oxygens (including phenoxy) is 1. The van der Waals surface area contributed by atoms with Crippen molar-refractivity contribution in [1.82, 2.24) is 15.4 Å². The van der Waals surface area contributed by atoms with Crippen molar-refractivity contribution in [2.45, 2.75) is 70.1 Å². The molecule has 0 bridgehead atoms. The van der Waals surface area contributed by atoms with Crippen LogP contribution in [0.25, 0.3) is 6.08 Å². The Morgan fingerprint density at radius 1 is 1.15 bits per heavy atom. The lowest BCUT2D eigenvalue weighted by Gasteiger charge is -2.26. The second-order valence-electron chi connectivity index (χ2n) is 9.06. The Balaban J connectivity index is 1.24. The highest BCUT2D eigenvalue weighted by Crippen LogP contribution is 2.28. The van der Waals surface area contributed by atoms with Gasteiger partial charge in [-0.25, -0.2) is 15.3 Å². The normalized spacial score (nSPS) is 24.2. The van der Waals surface area contributed by atoms with Crippen molar-refractivity contribution in [1.29, 1.82) is 0 Å². The lowest BCUT2D eigenvalue weighted by molar-refractivity contribution is -0.198. The summed E-state index contributed by atoms with van der Waals surface area (Å²) in [5.41, 5.74) is 3.09. The van der Waals surface area contributed by atoms with E-state index in [-0.39, 0.29) is 24.2 Å². The van der Waals surface area contributed by atoms with Gasteiger partial charge in [0.1, 0.15) is 5.82 Å². The van der Waals surface area contributed by atoms with Gasteiger partial charge < -0.3 is 15.0 Å². The van der Waals surface area contributed by atoms with Gasteiger partial charge in [0.15, 0.2) is 6.29 Å². The second kappa shape index (κ2) is 11.8. The van der Waals surface area contributed by atoms with Crippen LogP contribution in [0.5, 0.6) is 0 Å². The van der Waals surface area contributed by atoms with Crippen molar-refractivity contribution in [3.05, 3.63) is 28.9 Å². The lowest BCUT2D eigenvalue weighted by Crippen LogP contribution is -2.36. The fourth-order valence-corrected chi connectivity index (χ4v) is 4.89. The largest absolute Gasteiger partial charge is 0.364 e. The minimum atomic E-state index is -0.387. The molecule has 2 saturated heterocycles. The molecule has 2 N–H and O–H groups in total. The number of hydrogen-bond donors (Lipinski definition) is 2. The van der Waals surface area contributed by atoms with E-state index >= 15 is 0 Å². The first-order valence-corrected chi connectivity index (χ1v) is 12.4. The number of carbonyl (C=O) groups excluding carboxylic acids is 2. The number of aromatic nitrogens is 1. The van der Waals surface area contributed by atoms with Gasteiger partial charge in [0.05, 0.1) is 5.02 Å². The Hall–Kier alpha value is -2.16. The minimum Gasteiger partial charge on any atom is -0.364 e. The summed E-state index contributed by atoms with van der Waals surface area (Å²) in [7, 11) is 0. The van der Waals surface area contributed by atoms with E-state index in [4.69, 9.17) is 21.2 Å². The maximum Gasteiger partial charge on any atom is 0.267 e. The summed E-state index contributed by atoms with van der Waals surface area (Å²) in [6.07, 6.45) is 13.6. The average Bonchev–Trinajstić information content (AvgIpc) is 3.32. The molecule has 0 radical (unpaired) electrons. The van der Waals surface area contributed by atoms with Gasteiger partial charge in [0.25, 0.3) is 5.91 Å². The van der Waals surface area contributed by atoms with E-state index in [0.717, 1.165) is 57.9 Å². The number of halogens is 1. The summed E-state index contributed by atoms with van der Waals surface area (Å²) in [4.78, 5) is 36.4. The predicted molar refractivity (Wildman–Crippen MR) is 126 cm³/mol. The Morgan fingerprint density at radius 2 is 1.97 bits per heavy atom. The summed E-state index contributed by atoms with van der Waals surface area (Å²) < 4.78 is 5.41. The summed E-state index contributed by atoms with van der Waals surface area (Å²) in [6, 6.07) is 1.89. The molecule has 180 valence electrons. The zero-order valence-corrected chi connectivity index (χ0v) is 19.7. The summed E-state index contributed by atoms with van der Waals surface area (Å²) in [5.74, 6) is 0.711. The molecule has 0 aromatic carbocycles. The number of nitrogens with one attached hydrogen (secondary N) is 2. The van der Waals surface area contributed by atoms with Crippen molar-refractivity contribution in [2.24, 2.45) is 5.92 Å². The molecule has 3 heterocycles. The minimum absolute atomic E-state index is 0.133. The average molecular weight is 477 g/mol. The van der Waals surface area contributed by atoms with Crippen molar-refractivity contribution in [2.75, 3.05) is 25.0 Å². The molecule has 1 saturated carbocycles. The Bertz CT molecular complexity index is 853.